The molecular formula is C14H17N5O2. The molecule has 1 aliphatic heterocycles. The molecule has 0 aromatic carbocycles. The molecule has 7 heteroatoms. The Morgan fingerprint density at radius 3 is 3.24 bits per heavy atom. The van der Waals surface area contributed by atoms with Gasteiger partial charge in [0.1, 0.15) is 17.8 Å². The fourth-order valence-corrected chi connectivity index (χ4v) is 2.57. The fourth-order valence-electron chi connectivity index (χ4n) is 2.57. The molecule has 1 saturated heterocycles. The number of nitrogens with zero attached hydrogens (tertiary/aromatic N) is 3. The zero-order valence-corrected chi connectivity index (χ0v) is 11.5. The number of rotatable bonds is 3. The molecule has 7 nitrogen and oxygen atoms in total. The highest BCUT2D eigenvalue weighted by Gasteiger charge is 2.29. The minimum Gasteiger partial charge on any atom is -0.391 e. The minimum atomic E-state index is -0.525. The molecule has 1 amide bonds. The second-order valence-electron chi connectivity index (χ2n) is 5.06. The van der Waals surface area contributed by atoms with Gasteiger partial charge >= 0.3 is 0 Å². The van der Waals surface area contributed by atoms with Gasteiger partial charge in [-0.25, -0.2) is 9.97 Å². The summed E-state index contributed by atoms with van der Waals surface area (Å²) in [5.74, 6) is 0.529. The number of carbonyl (C=O) groups is 1. The molecule has 110 valence electrons. The first kappa shape index (κ1) is 13.6. The van der Waals surface area contributed by atoms with Gasteiger partial charge < -0.3 is 20.3 Å². The Morgan fingerprint density at radius 1 is 1.57 bits per heavy atom. The molecule has 1 aliphatic rings. The first-order valence-corrected chi connectivity index (χ1v) is 6.83. The van der Waals surface area contributed by atoms with Crippen molar-refractivity contribution < 1.29 is 9.90 Å². The average molecular weight is 287 g/mol. The third-order valence-electron chi connectivity index (χ3n) is 3.74. The number of aromatic amines is 1. The van der Waals surface area contributed by atoms with Crippen LogP contribution in [0.3, 0.4) is 0 Å². The Hall–Kier alpha value is -2.41. The van der Waals surface area contributed by atoms with Crippen LogP contribution in [0.25, 0.3) is 11.0 Å². The van der Waals surface area contributed by atoms with Gasteiger partial charge in [0, 0.05) is 19.3 Å². The average Bonchev–Trinajstić information content (AvgIpc) is 2.98. The summed E-state index contributed by atoms with van der Waals surface area (Å²) in [5, 5.41) is 14.2. The van der Waals surface area contributed by atoms with Crippen molar-refractivity contribution in [3.05, 3.63) is 31.2 Å². The first-order chi connectivity index (χ1) is 10.2. The Balaban J connectivity index is 1.80. The molecule has 1 fully saturated rings. The van der Waals surface area contributed by atoms with E-state index in [0.29, 0.717) is 25.3 Å². The van der Waals surface area contributed by atoms with Crippen molar-refractivity contribution in [2.45, 2.75) is 18.6 Å². The lowest BCUT2D eigenvalue weighted by Crippen LogP contribution is -2.52. The van der Waals surface area contributed by atoms with E-state index < -0.39 is 6.10 Å². The van der Waals surface area contributed by atoms with Crippen molar-refractivity contribution in [2.24, 2.45) is 0 Å². The summed E-state index contributed by atoms with van der Waals surface area (Å²) in [7, 11) is 0. The summed E-state index contributed by atoms with van der Waals surface area (Å²) in [5.41, 5.74) is 0.733. The van der Waals surface area contributed by atoms with E-state index in [0.717, 1.165) is 11.0 Å². The molecule has 2 aromatic heterocycles. The number of carbonyl (C=O) groups excluding carboxylic acids is 1. The lowest BCUT2D eigenvalue weighted by molar-refractivity contribution is -0.128. The molecule has 0 aliphatic carbocycles. The number of hydrogen-bond donors (Lipinski definition) is 3. The van der Waals surface area contributed by atoms with Crippen LogP contribution in [-0.2, 0) is 4.79 Å². The van der Waals surface area contributed by atoms with Crippen molar-refractivity contribution in [3.63, 3.8) is 0 Å². The maximum atomic E-state index is 11.7. The number of nitrogens with one attached hydrogen (secondary N) is 2. The van der Waals surface area contributed by atoms with Gasteiger partial charge in [0.25, 0.3) is 0 Å². The third kappa shape index (κ3) is 2.59. The van der Waals surface area contributed by atoms with Crippen LogP contribution in [-0.4, -0.2) is 56.1 Å². The maximum absolute atomic E-state index is 11.7. The van der Waals surface area contributed by atoms with Crippen LogP contribution < -0.4 is 5.32 Å². The Bertz CT molecular complexity index is 668. The number of likely N-dealkylation sites (tertiary alicyclic amines) is 1. The molecule has 0 spiro atoms. The Morgan fingerprint density at radius 2 is 2.43 bits per heavy atom. The standard InChI is InChI=1S/C14H17N5O2/c1-2-12(21)19-6-4-11(20)10(7-19)18-14-9-3-5-15-13(9)16-8-17-14/h2-3,5,8,10-11,20H,1,4,6-7H2,(H2,15,16,17,18)/t10-,11+/m0/s1. The highest BCUT2D eigenvalue weighted by Crippen LogP contribution is 2.21. The molecule has 3 rings (SSSR count). The van der Waals surface area contributed by atoms with Gasteiger partial charge in [0.05, 0.1) is 17.5 Å². The third-order valence-corrected chi connectivity index (χ3v) is 3.74. The van der Waals surface area contributed by atoms with Crippen molar-refractivity contribution >= 4 is 22.8 Å². The van der Waals surface area contributed by atoms with E-state index in [1.165, 1.54) is 12.4 Å². The van der Waals surface area contributed by atoms with E-state index in [1.807, 2.05) is 6.07 Å². The van der Waals surface area contributed by atoms with Crippen LogP contribution in [0.2, 0.25) is 0 Å². The quantitative estimate of drug-likeness (QED) is 0.715. The first-order valence-electron chi connectivity index (χ1n) is 6.83. The van der Waals surface area contributed by atoms with Crippen LogP contribution in [0.1, 0.15) is 6.42 Å². The molecule has 21 heavy (non-hydrogen) atoms. The number of aliphatic hydroxyl groups is 1. The Kier molecular flexibility index (Phi) is 3.57. The number of fused-ring (bicyclic) bond motifs is 1. The highest BCUT2D eigenvalue weighted by molar-refractivity contribution is 5.88. The van der Waals surface area contributed by atoms with Crippen molar-refractivity contribution in [3.8, 4) is 0 Å². The number of piperidine rings is 1. The van der Waals surface area contributed by atoms with Gasteiger partial charge in [-0.1, -0.05) is 6.58 Å². The number of H-pyrrole nitrogens is 1. The molecule has 0 saturated carbocycles. The van der Waals surface area contributed by atoms with E-state index in [-0.39, 0.29) is 11.9 Å². The largest absolute Gasteiger partial charge is 0.391 e. The monoisotopic (exact) mass is 287 g/mol. The summed E-state index contributed by atoms with van der Waals surface area (Å²) in [4.78, 5) is 24.7. The molecule has 2 aromatic rings. The molecule has 2 atom stereocenters. The van der Waals surface area contributed by atoms with Crippen LogP contribution in [0.5, 0.6) is 0 Å². The zero-order valence-electron chi connectivity index (χ0n) is 11.5. The lowest BCUT2D eigenvalue weighted by Gasteiger charge is -2.36. The second kappa shape index (κ2) is 5.53. The molecule has 3 heterocycles. The lowest BCUT2D eigenvalue weighted by atomic mass is 10.0. The molecule has 3 N–H and O–H groups in total. The van der Waals surface area contributed by atoms with Crippen LogP contribution in [0.15, 0.2) is 31.2 Å². The summed E-state index contributed by atoms with van der Waals surface area (Å²) in [6.07, 6.45) is 4.55. The minimum absolute atomic E-state index is 0.122. The van der Waals surface area contributed by atoms with E-state index in [2.05, 4.69) is 26.8 Å². The van der Waals surface area contributed by atoms with Crippen molar-refractivity contribution in [1.82, 2.24) is 19.9 Å². The van der Waals surface area contributed by atoms with Crippen LogP contribution >= 0.6 is 0 Å². The number of aliphatic hydroxyl groups excluding tert-OH is 1. The fraction of sp³-hybridized carbons (Fsp3) is 0.357. The SMILES string of the molecule is C=CC(=O)N1CC[C@@H](O)[C@@H](Nc2ncnc3[nH]ccc23)C1. The van der Waals surface area contributed by atoms with Gasteiger partial charge in [-0.05, 0) is 18.6 Å². The van der Waals surface area contributed by atoms with E-state index in [4.69, 9.17) is 0 Å². The number of anilines is 1. The van der Waals surface area contributed by atoms with E-state index in [1.54, 1.807) is 11.1 Å². The molecular weight excluding hydrogens is 270 g/mol. The number of hydrogen-bond acceptors (Lipinski definition) is 5. The topological polar surface area (TPSA) is 94.1 Å². The Labute approximate surface area is 121 Å². The van der Waals surface area contributed by atoms with Gasteiger partial charge in [-0.3, -0.25) is 4.79 Å². The molecule has 0 unspecified atom stereocenters. The molecule has 0 bridgehead atoms. The van der Waals surface area contributed by atoms with E-state index >= 15 is 0 Å². The number of aromatic nitrogens is 3. The van der Waals surface area contributed by atoms with Gasteiger partial charge in [0.15, 0.2) is 0 Å². The summed E-state index contributed by atoms with van der Waals surface area (Å²) >= 11 is 0. The van der Waals surface area contributed by atoms with Gasteiger partial charge in [-0.2, -0.15) is 0 Å². The van der Waals surface area contributed by atoms with Crippen LogP contribution in [0.4, 0.5) is 5.82 Å². The van der Waals surface area contributed by atoms with E-state index in [9.17, 15) is 9.90 Å². The van der Waals surface area contributed by atoms with Crippen molar-refractivity contribution in [2.75, 3.05) is 18.4 Å². The molecule has 0 radical (unpaired) electrons. The summed E-state index contributed by atoms with van der Waals surface area (Å²) in [6.45, 7) is 4.45. The number of amides is 1. The second-order valence-corrected chi connectivity index (χ2v) is 5.06. The van der Waals surface area contributed by atoms with Gasteiger partial charge in [0.2, 0.25) is 5.91 Å². The van der Waals surface area contributed by atoms with Crippen LogP contribution in [0, 0.1) is 0 Å². The summed E-state index contributed by atoms with van der Waals surface area (Å²) in [6, 6.07) is 1.61. The maximum Gasteiger partial charge on any atom is 0.246 e. The normalized spacial score (nSPS) is 22.2. The predicted molar refractivity (Wildman–Crippen MR) is 78.7 cm³/mol. The summed E-state index contributed by atoms with van der Waals surface area (Å²) < 4.78 is 0. The van der Waals surface area contributed by atoms with Crippen molar-refractivity contribution in [1.29, 1.82) is 0 Å². The van der Waals surface area contributed by atoms with Gasteiger partial charge in [-0.15, -0.1) is 0 Å². The zero-order chi connectivity index (χ0) is 14.8. The highest BCUT2D eigenvalue weighted by atomic mass is 16.3. The smallest absolute Gasteiger partial charge is 0.246 e. The predicted octanol–water partition coefficient (Wildman–Crippen LogP) is 0.518.